The fraction of sp³-hybridized carbons (Fsp3) is 0.125. The van der Waals surface area contributed by atoms with Crippen molar-refractivity contribution in [3.63, 3.8) is 0 Å². The van der Waals surface area contributed by atoms with E-state index in [1.165, 1.54) is 11.3 Å². The van der Waals surface area contributed by atoms with Gasteiger partial charge in [-0.2, -0.15) is 0 Å². The van der Waals surface area contributed by atoms with E-state index in [1.54, 1.807) is 18.3 Å². The number of aromatic nitrogens is 3. The second-order valence-corrected chi connectivity index (χ2v) is 3.71. The molecule has 0 radical (unpaired) electrons. The fourth-order valence-corrected chi connectivity index (χ4v) is 1.65. The average Bonchev–Trinajstić information content (AvgIpc) is 2.52. The summed E-state index contributed by atoms with van der Waals surface area (Å²) in [6.07, 6.45) is 1.54. The van der Waals surface area contributed by atoms with E-state index in [4.69, 9.17) is 5.11 Å². The average molecular weight is 193 g/mol. The number of hydrogen-bond acceptors (Lipinski definition) is 5. The number of nitrogens with zero attached hydrogens (tertiary/aromatic N) is 3. The van der Waals surface area contributed by atoms with Gasteiger partial charge in [-0.05, 0) is 13.0 Å². The number of hydrogen-bond donors (Lipinski definition) is 1. The molecule has 1 N–H and O–H groups in total. The van der Waals surface area contributed by atoms with Crippen LogP contribution < -0.4 is 0 Å². The Hall–Kier alpha value is -1.49. The van der Waals surface area contributed by atoms with Crippen molar-refractivity contribution < 1.29 is 5.11 Å². The summed E-state index contributed by atoms with van der Waals surface area (Å²) < 4.78 is 0. The van der Waals surface area contributed by atoms with Crippen LogP contribution in [0, 0.1) is 6.92 Å². The Morgan fingerprint density at radius 2 is 2.23 bits per heavy atom. The molecule has 5 heteroatoms. The monoisotopic (exact) mass is 193 g/mol. The minimum Gasteiger partial charge on any atom is -0.493 e. The van der Waals surface area contributed by atoms with E-state index in [2.05, 4.69) is 15.2 Å². The lowest BCUT2D eigenvalue weighted by molar-refractivity contribution is 0.454. The van der Waals surface area contributed by atoms with Crippen molar-refractivity contribution in [2.45, 2.75) is 6.92 Å². The van der Waals surface area contributed by atoms with Gasteiger partial charge in [-0.25, -0.2) is 4.98 Å². The van der Waals surface area contributed by atoms with Gasteiger partial charge in [0.25, 0.3) is 0 Å². The third-order valence-electron chi connectivity index (χ3n) is 1.52. The maximum absolute atomic E-state index is 9.13. The van der Waals surface area contributed by atoms with Crippen molar-refractivity contribution in [1.82, 2.24) is 15.2 Å². The van der Waals surface area contributed by atoms with Gasteiger partial charge in [0.05, 0.1) is 0 Å². The molecule has 0 aliphatic rings. The lowest BCUT2D eigenvalue weighted by atomic mass is 10.3. The van der Waals surface area contributed by atoms with Crippen molar-refractivity contribution in [3.8, 4) is 16.5 Å². The summed E-state index contributed by atoms with van der Waals surface area (Å²) >= 11 is 1.49. The SMILES string of the molecule is Cc1nnc(-c2ccnc(O)c2)s1. The molecule has 0 unspecified atom stereocenters. The van der Waals surface area contributed by atoms with E-state index in [0.717, 1.165) is 15.6 Å². The van der Waals surface area contributed by atoms with Gasteiger partial charge in [-0.15, -0.1) is 10.2 Å². The van der Waals surface area contributed by atoms with Crippen LogP contribution in [0.2, 0.25) is 0 Å². The minimum absolute atomic E-state index is 0.00496. The molecule has 0 aliphatic heterocycles. The molecule has 0 amide bonds. The largest absolute Gasteiger partial charge is 0.493 e. The smallest absolute Gasteiger partial charge is 0.211 e. The topological polar surface area (TPSA) is 58.9 Å². The van der Waals surface area contributed by atoms with E-state index < -0.39 is 0 Å². The molecule has 0 saturated carbocycles. The van der Waals surface area contributed by atoms with E-state index in [1.807, 2.05) is 6.92 Å². The summed E-state index contributed by atoms with van der Waals surface area (Å²) in [4.78, 5) is 3.68. The Balaban J connectivity index is 2.46. The van der Waals surface area contributed by atoms with Crippen LogP contribution in [0.1, 0.15) is 5.01 Å². The second-order valence-electron chi connectivity index (χ2n) is 2.53. The van der Waals surface area contributed by atoms with Crippen LogP contribution in [0.3, 0.4) is 0 Å². The first-order chi connectivity index (χ1) is 6.25. The Morgan fingerprint density at radius 1 is 1.38 bits per heavy atom. The molecule has 2 aromatic heterocycles. The number of pyridine rings is 1. The number of rotatable bonds is 1. The first-order valence-corrected chi connectivity index (χ1v) is 4.53. The molecule has 0 aromatic carbocycles. The molecular weight excluding hydrogens is 186 g/mol. The summed E-state index contributed by atoms with van der Waals surface area (Å²) in [6.45, 7) is 1.89. The highest BCUT2D eigenvalue weighted by molar-refractivity contribution is 7.14. The maximum Gasteiger partial charge on any atom is 0.211 e. The van der Waals surface area contributed by atoms with Crippen LogP contribution in [-0.2, 0) is 0 Å². The molecule has 0 spiro atoms. The number of aromatic hydroxyl groups is 1. The summed E-state index contributed by atoms with van der Waals surface area (Å²) in [7, 11) is 0. The van der Waals surface area contributed by atoms with E-state index in [-0.39, 0.29) is 5.88 Å². The lowest BCUT2D eigenvalue weighted by Crippen LogP contribution is -1.78. The summed E-state index contributed by atoms with van der Waals surface area (Å²) in [6, 6.07) is 3.36. The van der Waals surface area contributed by atoms with Crippen LogP contribution in [0.4, 0.5) is 0 Å². The van der Waals surface area contributed by atoms with Crippen LogP contribution in [0.25, 0.3) is 10.6 Å². The Morgan fingerprint density at radius 3 is 2.85 bits per heavy atom. The fourth-order valence-electron chi connectivity index (χ4n) is 0.965. The first-order valence-electron chi connectivity index (χ1n) is 3.71. The zero-order chi connectivity index (χ0) is 9.26. The highest BCUT2D eigenvalue weighted by Crippen LogP contribution is 2.24. The van der Waals surface area contributed by atoms with Gasteiger partial charge in [0.2, 0.25) is 5.88 Å². The van der Waals surface area contributed by atoms with Gasteiger partial charge in [0, 0.05) is 17.8 Å². The third-order valence-corrected chi connectivity index (χ3v) is 2.41. The normalized spacial score (nSPS) is 10.2. The molecule has 66 valence electrons. The molecule has 2 heterocycles. The Labute approximate surface area is 78.9 Å². The predicted octanol–water partition coefficient (Wildman–Crippen LogP) is 1.61. The highest BCUT2D eigenvalue weighted by Gasteiger charge is 2.04. The summed E-state index contributed by atoms with van der Waals surface area (Å²) in [5.74, 6) is 0.00496. The molecule has 0 bridgehead atoms. The first kappa shape index (κ1) is 8.12. The molecule has 2 rings (SSSR count). The Kier molecular flexibility index (Phi) is 1.94. The summed E-state index contributed by atoms with van der Waals surface area (Å²) in [5.41, 5.74) is 0.845. The highest BCUT2D eigenvalue weighted by atomic mass is 32.1. The molecule has 0 fully saturated rings. The minimum atomic E-state index is 0.00496. The Bertz CT molecular complexity index is 427. The van der Waals surface area contributed by atoms with Gasteiger partial charge in [0.1, 0.15) is 10.0 Å². The molecule has 13 heavy (non-hydrogen) atoms. The standard InChI is InChI=1S/C8H7N3OS/c1-5-10-11-8(13-5)6-2-3-9-7(12)4-6/h2-4H,1H3,(H,9,12). The lowest BCUT2D eigenvalue weighted by Gasteiger charge is -1.93. The predicted molar refractivity (Wildman–Crippen MR) is 49.5 cm³/mol. The van der Waals surface area contributed by atoms with Crippen LogP contribution in [-0.4, -0.2) is 20.3 Å². The van der Waals surface area contributed by atoms with E-state index >= 15 is 0 Å². The van der Waals surface area contributed by atoms with Crippen LogP contribution in [0.5, 0.6) is 5.88 Å². The van der Waals surface area contributed by atoms with Crippen molar-refractivity contribution in [2.24, 2.45) is 0 Å². The zero-order valence-corrected chi connectivity index (χ0v) is 7.75. The molecule has 0 atom stereocenters. The van der Waals surface area contributed by atoms with Gasteiger partial charge >= 0.3 is 0 Å². The molecule has 2 aromatic rings. The van der Waals surface area contributed by atoms with Crippen LogP contribution in [0.15, 0.2) is 18.3 Å². The van der Waals surface area contributed by atoms with Crippen molar-refractivity contribution >= 4 is 11.3 Å². The molecular formula is C8H7N3OS. The van der Waals surface area contributed by atoms with Crippen molar-refractivity contribution in [3.05, 3.63) is 23.3 Å². The van der Waals surface area contributed by atoms with E-state index in [0.29, 0.717) is 0 Å². The molecule has 0 aliphatic carbocycles. The maximum atomic E-state index is 9.13. The molecule has 4 nitrogen and oxygen atoms in total. The van der Waals surface area contributed by atoms with Gasteiger partial charge < -0.3 is 5.11 Å². The van der Waals surface area contributed by atoms with Gasteiger partial charge in [-0.1, -0.05) is 11.3 Å². The zero-order valence-electron chi connectivity index (χ0n) is 6.93. The number of aryl methyl sites for hydroxylation is 1. The molecule has 0 saturated heterocycles. The summed E-state index contributed by atoms with van der Waals surface area (Å²) in [5, 5.41) is 18.7. The van der Waals surface area contributed by atoms with Gasteiger partial charge in [-0.3, -0.25) is 0 Å². The van der Waals surface area contributed by atoms with E-state index in [9.17, 15) is 0 Å². The van der Waals surface area contributed by atoms with Crippen LogP contribution >= 0.6 is 11.3 Å². The second kappa shape index (κ2) is 3.10. The van der Waals surface area contributed by atoms with Crippen molar-refractivity contribution in [2.75, 3.05) is 0 Å². The quantitative estimate of drug-likeness (QED) is 0.747. The third kappa shape index (κ3) is 1.65. The van der Waals surface area contributed by atoms with Gasteiger partial charge in [0.15, 0.2) is 0 Å². The van der Waals surface area contributed by atoms with Crippen molar-refractivity contribution in [1.29, 1.82) is 0 Å².